The van der Waals surface area contributed by atoms with Crippen molar-refractivity contribution in [2.24, 2.45) is 0 Å². The van der Waals surface area contributed by atoms with Gasteiger partial charge >= 0.3 is 0 Å². The second-order valence-corrected chi connectivity index (χ2v) is 7.35. The number of benzene rings is 1. The zero-order valence-corrected chi connectivity index (χ0v) is 13.0. The molecule has 0 unspecified atom stereocenters. The molecule has 5 nitrogen and oxygen atoms in total. The Morgan fingerprint density at radius 3 is 2.91 bits per heavy atom. The first-order valence-corrected chi connectivity index (χ1v) is 8.63. The fraction of sp³-hybridized carbons (Fsp3) is 0.133. The van der Waals surface area contributed by atoms with Gasteiger partial charge in [0.25, 0.3) is 10.0 Å². The van der Waals surface area contributed by atoms with Gasteiger partial charge in [0, 0.05) is 18.4 Å². The number of nitrogens with one attached hydrogen (secondary N) is 1. The topological polar surface area (TPSA) is 64.0 Å². The normalized spacial score (nSPS) is 14.0. The van der Waals surface area contributed by atoms with Gasteiger partial charge in [-0.1, -0.05) is 11.6 Å². The minimum Gasteiger partial charge on any atom is -0.384 e. The molecule has 0 amide bonds. The summed E-state index contributed by atoms with van der Waals surface area (Å²) in [6.45, 7) is 0.841. The molecule has 0 saturated heterocycles. The van der Waals surface area contributed by atoms with Gasteiger partial charge in [-0.15, -0.1) is 0 Å². The Kier molecular flexibility index (Phi) is 2.92. The summed E-state index contributed by atoms with van der Waals surface area (Å²) in [7, 11) is -3.65. The van der Waals surface area contributed by atoms with Crippen LogP contribution in [-0.2, 0) is 16.4 Å². The Bertz CT molecular complexity index is 995. The van der Waals surface area contributed by atoms with E-state index < -0.39 is 10.0 Å². The quantitative estimate of drug-likeness (QED) is 0.732. The van der Waals surface area contributed by atoms with Gasteiger partial charge in [0.15, 0.2) is 0 Å². The Morgan fingerprint density at radius 1 is 1.18 bits per heavy atom. The lowest BCUT2D eigenvalue weighted by atomic mass is 10.2. The summed E-state index contributed by atoms with van der Waals surface area (Å²) < 4.78 is 27.0. The lowest BCUT2D eigenvalue weighted by molar-refractivity contribution is 0.589. The molecule has 3 heterocycles. The smallest absolute Gasteiger partial charge is 0.268 e. The van der Waals surface area contributed by atoms with E-state index in [9.17, 15) is 8.42 Å². The number of nitrogens with zero attached hydrogens (tertiary/aromatic N) is 2. The van der Waals surface area contributed by atoms with Crippen molar-refractivity contribution >= 4 is 38.3 Å². The van der Waals surface area contributed by atoms with Gasteiger partial charge in [-0.25, -0.2) is 17.4 Å². The Hall–Kier alpha value is -2.05. The van der Waals surface area contributed by atoms with E-state index in [0.717, 1.165) is 24.2 Å². The third-order valence-electron chi connectivity index (χ3n) is 3.82. The lowest BCUT2D eigenvalue weighted by Gasteiger charge is -2.09. The van der Waals surface area contributed by atoms with Crippen molar-refractivity contribution in [3.63, 3.8) is 0 Å². The number of hydrogen-bond acceptors (Lipinski definition) is 4. The number of fused-ring (bicyclic) bond motifs is 2. The molecule has 0 saturated carbocycles. The van der Waals surface area contributed by atoms with Gasteiger partial charge in [-0.05, 0) is 48.4 Å². The average Bonchev–Trinajstić information content (AvgIpc) is 3.12. The summed E-state index contributed by atoms with van der Waals surface area (Å²) in [4.78, 5) is 4.41. The van der Waals surface area contributed by atoms with Gasteiger partial charge in [0.05, 0.1) is 15.9 Å². The van der Waals surface area contributed by atoms with E-state index in [1.165, 1.54) is 10.2 Å². The third kappa shape index (κ3) is 1.99. The molecule has 7 heteroatoms. The number of halogens is 1. The van der Waals surface area contributed by atoms with Crippen LogP contribution in [0.2, 0.25) is 5.15 Å². The van der Waals surface area contributed by atoms with Crippen molar-refractivity contribution in [2.75, 3.05) is 11.9 Å². The minimum atomic E-state index is -3.65. The zero-order chi connectivity index (χ0) is 15.3. The Labute approximate surface area is 132 Å². The summed E-state index contributed by atoms with van der Waals surface area (Å²) in [6, 6.07) is 10.1. The number of rotatable bonds is 2. The molecule has 1 aromatic carbocycles. The maximum absolute atomic E-state index is 12.9. The van der Waals surface area contributed by atoms with Gasteiger partial charge < -0.3 is 5.32 Å². The van der Waals surface area contributed by atoms with Gasteiger partial charge in [0.2, 0.25) is 0 Å². The second-order valence-electron chi connectivity index (χ2n) is 5.15. The summed E-state index contributed by atoms with van der Waals surface area (Å²) in [5.74, 6) is 0. The van der Waals surface area contributed by atoms with Crippen molar-refractivity contribution in [3.8, 4) is 0 Å². The molecule has 0 spiro atoms. The number of aromatic nitrogens is 2. The van der Waals surface area contributed by atoms with E-state index in [1.54, 1.807) is 30.3 Å². The van der Waals surface area contributed by atoms with Gasteiger partial charge in [0.1, 0.15) is 5.15 Å². The second kappa shape index (κ2) is 4.72. The summed E-state index contributed by atoms with van der Waals surface area (Å²) in [5, 5.41) is 3.56. The van der Waals surface area contributed by atoms with E-state index in [-0.39, 0.29) is 4.90 Å². The molecule has 2 aromatic heterocycles. The van der Waals surface area contributed by atoms with Crippen LogP contribution in [0.4, 0.5) is 5.69 Å². The molecule has 0 atom stereocenters. The highest BCUT2D eigenvalue weighted by atomic mass is 35.5. The minimum absolute atomic E-state index is 0.280. The first-order valence-electron chi connectivity index (χ1n) is 6.82. The van der Waals surface area contributed by atoms with Crippen molar-refractivity contribution in [1.29, 1.82) is 0 Å². The van der Waals surface area contributed by atoms with Gasteiger partial charge in [-0.3, -0.25) is 0 Å². The first-order chi connectivity index (χ1) is 10.6. The van der Waals surface area contributed by atoms with Crippen molar-refractivity contribution in [2.45, 2.75) is 11.3 Å². The zero-order valence-electron chi connectivity index (χ0n) is 11.5. The van der Waals surface area contributed by atoms with Crippen molar-refractivity contribution in [3.05, 3.63) is 53.3 Å². The van der Waals surface area contributed by atoms with E-state index in [1.807, 2.05) is 6.07 Å². The number of pyridine rings is 1. The Balaban J connectivity index is 1.89. The van der Waals surface area contributed by atoms with E-state index in [4.69, 9.17) is 11.6 Å². The van der Waals surface area contributed by atoms with E-state index >= 15 is 0 Å². The fourth-order valence-electron chi connectivity index (χ4n) is 2.74. The van der Waals surface area contributed by atoms with Crippen molar-refractivity contribution < 1.29 is 8.42 Å². The highest BCUT2D eigenvalue weighted by molar-refractivity contribution is 7.90. The molecule has 1 aliphatic rings. The SMILES string of the molecule is O=S(=O)(c1ccc2c(c1)CCN2)n1ccc2nc(Cl)ccc21. The van der Waals surface area contributed by atoms with E-state index in [0.29, 0.717) is 16.2 Å². The van der Waals surface area contributed by atoms with Crippen LogP contribution < -0.4 is 5.32 Å². The molecule has 3 aromatic rings. The standard InChI is InChI=1S/C15H12ClN3O2S/c16-15-4-3-14-13(18-15)6-8-19(14)22(20,21)11-1-2-12-10(9-11)5-7-17-12/h1-4,6,8-9,17H,5,7H2. The molecule has 0 bridgehead atoms. The molecule has 0 fully saturated rings. The lowest BCUT2D eigenvalue weighted by Crippen LogP contribution is -2.12. The van der Waals surface area contributed by atoms with Crippen molar-refractivity contribution in [1.82, 2.24) is 8.96 Å². The van der Waals surface area contributed by atoms with Crippen LogP contribution in [-0.4, -0.2) is 23.9 Å². The molecule has 1 aliphatic heterocycles. The van der Waals surface area contributed by atoms with Crippen LogP contribution in [0.3, 0.4) is 0 Å². The predicted octanol–water partition coefficient (Wildman–Crippen LogP) is 2.89. The average molecular weight is 334 g/mol. The molecular weight excluding hydrogens is 322 g/mol. The first kappa shape index (κ1) is 13.6. The maximum Gasteiger partial charge on any atom is 0.268 e. The molecule has 4 rings (SSSR count). The molecule has 1 N–H and O–H groups in total. The van der Waals surface area contributed by atoms with Crippen LogP contribution >= 0.6 is 11.6 Å². The summed E-state index contributed by atoms with van der Waals surface area (Å²) in [6.07, 6.45) is 2.34. The predicted molar refractivity (Wildman–Crippen MR) is 86.0 cm³/mol. The monoisotopic (exact) mass is 333 g/mol. The highest BCUT2D eigenvalue weighted by Crippen LogP contribution is 2.28. The highest BCUT2D eigenvalue weighted by Gasteiger charge is 2.21. The summed E-state index contributed by atoms with van der Waals surface area (Å²) >= 11 is 5.85. The third-order valence-corrected chi connectivity index (χ3v) is 5.71. The largest absolute Gasteiger partial charge is 0.384 e. The van der Waals surface area contributed by atoms with Crippen LogP contribution in [0.15, 0.2) is 47.5 Å². The summed E-state index contributed by atoms with van der Waals surface area (Å²) in [5.41, 5.74) is 3.10. The molecular formula is C15H12ClN3O2S. The molecule has 112 valence electrons. The van der Waals surface area contributed by atoms with Crippen LogP contribution in [0.1, 0.15) is 5.56 Å². The molecule has 0 radical (unpaired) electrons. The number of anilines is 1. The van der Waals surface area contributed by atoms with Crippen LogP contribution in [0, 0.1) is 0 Å². The molecule has 22 heavy (non-hydrogen) atoms. The van der Waals surface area contributed by atoms with E-state index in [2.05, 4.69) is 10.3 Å². The van der Waals surface area contributed by atoms with Crippen LogP contribution in [0.5, 0.6) is 0 Å². The Morgan fingerprint density at radius 2 is 2.05 bits per heavy atom. The number of hydrogen-bond donors (Lipinski definition) is 1. The maximum atomic E-state index is 12.9. The fourth-order valence-corrected chi connectivity index (χ4v) is 4.28. The van der Waals surface area contributed by atoms with Gasteiger partial charge in [-0.2, -0.15) is 0 Å². The molecule has 0 aliphatic carbocycles. The van der Waals surface area contributed by atoms with Crippen LogP contribution in [0.25, 0.3) is 11.0 Å².